The first kappa shape index (κ1) is 67.1. The molecule has 0 aromatic rings. The van der Waals surface area contributed by atoms with Crippen molar-refractivity contribution in [2.75, 3.05) is 0 Å². The summed E-state index contributed by atoms with van der Waals surface area (Å²) >= 11 is 0. The Bertz CT molecular complexity index is 132. The third-order valence-corrected chi connectivity index (χ3v) is 1.13. The molecular formula is H23B4LiO17. The first-order valence-corrected chi connectivity index (χ1v) is 2.87. The van der Waals surface area contributed by atoms with E-state index >= 15 is 0 Å². The number of rotatable bonds is 0. The zero-order valence-corrected chi connectivity index (χ0v) is 11.2. The van der Waals surface area contributed by atoms with E-state index < -0.39 is 29.3 Å². The van der Waals surface area contributed by atoms with E-state index in [0.29, 0.717) is 0 Å². The second-order valence-corrected chi connectivity index (χ2v) is 1.87. The molecule has 2 aliphatic rings. The second-order valence-electron chi connectivity index (χ2n) is 1.87. The Morgan fingerprint density at radius 2 is 0.636 bits per heavy atom. The molecule has 22 N–H and O–H groups in total. The maximum atomic E-state index is 8.74. The van der Waals surface area contributed by atoms with Crippen molar-refractivity contribution in [3.05, 3.63) is 0 Å². The predicted molar refractivity (Wildman–Crippen MR) is 70.1 cm³/mol. The van der Waals surface area contributed by atoms with E-state index in [0.717, 1.165) is 0 Å². The Hall–Kier alpha value is 0.177. The summed E-state index contributed by atoms with van der Waals surface area (Å²) in [6, 6.07) is 0. The topological polar surface area (TPSA) is 402 Å². The zero-order valence-electron chi connectivity index (χ0n) is 12.2. The van der Waals surface area contributed by atoms with E-state index in [2.05, 4.69) is 22.9 Å². The Balaban J connectivity index is -0.0000000133. The van der Waals surface area contributed by atoms with Crippen molar-refractivity contribution < 1.29 is 108 Å². The Kier molecular flexibility index (Phi) is 89.1. The van der Waals surface area contributed by atoms with Gasteiger partial charge in [-0.2, -0.15) is 0 Å². The van der Waals surface area contributed by atoms with Crippen LogP contribution in [0.5, 0.6) is 0 Å². The van der Waals surface area contributed by atoms with Gasteiger partial charge in [-0.25, -0.2) is 0 Å². The van der Waals surface area contributed by atoms with Crippen LogP contribution >= 0.6 is 0 Å². The summed E-state index contributed by atoms with van der Waals surface area (Å²) in [7, 11) is -5.20. The van der Waals surface area contributed by atoms with Crippen LogP contribution in [0, 0.1) is 0 Å². The minimum atomic E-state index is -1.45. The van der Waals surface area contributed by atoms with Gasteiger partial charge in [0.1, 0.15) is 0 Å². The molecule has 17 nitrogen and oxygen atoms in total. The van der Waals surface area contributed by atoms with Gasteiger partial charge in [0.15, 0.2) is 0 Å². The van der Waals surface area contributed by atoms with E-state index in [9.17, 15) is 0 Å². The van der Waals surface area contributed by atoms with E-state index in [1.807, 2.05) is 0 Å². The third kappa shape index (κ3) is 18.2. The van der Waals surface area contributed by atoms with Crippen LogP contribution in [0.4, 0.5) is 0 Å². The molecule has 0 unspecified atom stereocenters. The first-order chi connectivity index (χ1) is 5.24. The monoisotopic (exact) mass is 346 g/mol. The average Bonchev–Trinajstić information content (AvgIpc) is 1.82. The normalized spacial score (nSPS) is 12.3. The summed E-state index contributed by atoms with van der Waals surface area (Å²) in [5.41, 5.74) is 0. The standard InChI is InChI=1S/B4H2O7.Li.10H2O.H/c5-1-7-3-9-2(6)10-4(8-1)11-3;;;;;;;;;;;;/h5-6H;;10*1H2;/q;+1;;;;;;;;;;;-1. The van der Waals surface area contributed by atoms with Crippen molar-refractivity contribution in [3.8, 4) is 0 Å². The van der Waals surface area contributed by atoms with Crippen LogP contribution in [0.15, 0.2) is 0 Å². The average molecular weight is 345 g/mol. The van der Waals surface area contributed by atoms with Crippen molar-refractivity contribution in [1.82, 2.24) is 0 Å². The molecule has 0 atom stereocenters. The summed E-state index contributed by atoms with van der Waals surface area (Å²) in [4.78, 5) is 0. The maximum absolute atomic E-state index is 8.74. The fourth-order valence-electron chi connectivity index (χ4n) is 0.728. The predicted octanol–water partition coefficient (Wildman–Crippen LogP) is -14.1. The van der Waals surface area contributed by atoms with Gasteiger partial charge < -0.3 is 89.1 Å². The fraction of sp³-hybridized carbons (Fsp3) is 0. The fourth-order valence-corrected chi connectivity index (χ4v) is 0.728. The molecule has 0 aliphatic carbocycles. The van der Waals surface area contributed by atoms with Gasteiger partial charge in [-0.3, -0.25) is 0 Å². The summed E-state index contributed by atoms with van der Waals surface area (Å²) in [6.45, 7) is 0. The van der Waals surface area contributed by atoms with Crippen molar-refractivity contribution in [3.63, 3.8) is 0 Å². The van der Waals surface area contributed by atoms with Crippen LogP contribution in [-0.2, 0) is 22.9 Å². The molecule has 2 aliphatic heterocycles. The van der Waals surface area contributed by atoms with Crippen LogP contribution in [0.2, 0.25) is 0 Å². The molecule has 2 heterocycles. The smallest absolute Gasteiger partial charge is 1.00 e. The summed E-state index contributed by atoms with van der Waals surface area (Å²) in [5, 5.41) is 17.5. The first-order valence-electron chi connectivity index (χ1n) is 2.87. The minimum absolute atomic E-state index is 0. The van der Waals surface area contributed by atoms with Gasteiger partial charge in [-0.15, -0.1) is 0 Å². The molecule has 2 fully saturated rings. The largest absolute Gasteiger partial charge is 1.00 e. The van der Waals surface area contributed by atoms with Crippen molar-refractivity contribution in [2.45, 2.75) is 0 Å². The van der Waals surface area contributed by atoms with Gasteiger partial charge in [-0.1, -0.05) is 0 Å². The van der Waals surface area contributed by atoms with Gasteiger partial charge in [0.05, 0.1) is 0 Å². The second kappa shape index (κ2) is 29.2. The SMILES string of the molecule is O.O.O.O.O.O.O.O.O.O.OB1OB2OB(O)OB(O1)O2.[H-].[Li+]. The van der Waals surface area contributed by atoms with Gasteiger partial charge >= 0.3 is 48.1 Å². The van der Waals surface area contributed by atoms with E-state index in [1.54, 1.807) is 0 Å². The van der Waals surface area contributed by atoms with Crippen molar-refractivity contribution in [2.24, 2.45) is 0 Å². The quantitative estimate of drug-likeness (QED) is 0.398. The molecule has 2 rings (SSSR count). The number of fused-ring (bicyclic) bond motifs is 2. The molecule has 138 valence electrons. The molecule has 0 radical (unpaired) electrons. The van der Waals surface area contributed by atoms with E-state index in [4.69, 9.17) is 10.0 Å². The van der Waals surface area contributed by atoms with Gasteiger partial charge in [0.25, 0.3) is 0 Å². The molecule has 0 spiro atoms. The van der Waals surface area contributed by atoms with Crippen LogP contribution in [0.3, 0.4) is 0 Å². The summed E-state index contributed by atoms with van der Waals surface area (Å²) in [6.07, 6.45) is 0. The maximum Gasteiger partial charge on any atom is 1.00 e. The zero-order chi connectivity index (χ0) is 7.84. The van der Waals surface area contributed by atoms with Crippen LogP contribution in [-0.4, -0.2) is 94.1 Å². The molecule has 2 bridgehead atoms. The molecule has 0 aromatic carbocycles. The van der Waals surface area contributed by atoms with Crippen LogP contribution in [0.1, 0.15) is 1.43 Å². The van der Waals surface area contributed by atoms with Gasteiger partial charge in [0, 0.05) is 0 Å². The molecule has 0 amide bonds. The van der Waals surface area contributed by atoms with E-state index in [1.165, 1.54) is 0 Å². The Morgan fingerprint density at radius 3 is 0.818 bits per heavy atom. The molecular weight excluding hydrogens is 322 g/mol. The Morgan fingerprint density at radius 1 is 0.455 bits per heavy atom. The number of hydrogen-bond donors (Lipinski definition) is 2. The Labute approximate surface area is 138 Å². The van der Waals surface area contributed by atoms with Crippen LogP contribution < -0.4 is 18.9 Å². The van der Waals surface area contributed by atoms with Gasteiger partial charge in [0.2, 0.25) is 0 Å². The summed E-state index contributed by atoms with van der Waals surface area (Å²) in [5.74, 6) is 0. The van der Waals surface area contributed by atoms with Gasteiger partial charge in [-0.05, 0) is 0 Å². The molecule has 22 heteroatoms. The van der Waals surface area contributed by atoms with E-state index in [-0.39, 0.29) is 75.0 Å². The van der Waals surface area contributed by atoms with Crippen molar-refractivity contribution in [1.29, 1.82) is 0 Å². The van der Waals surface area contributed by atoms with Crippen LogP contribution in [0.25, 0.3) is 0 Å². The third-order valence-electron chi connectivity index (χ3n) is 1.13. The summed E-state index contributed by atoms with van der Waals surface area (Å²) < 4.78 is 22.6. The molecule has 2 saturated heterocycles. The molecule has 0 aromatic heterocycles. The minimum Gasteiger partial charge on any atom is -1.00 e. The molecule has 0 saturated carbocycles. The van der Waals surface area contributed by atoms with Crippen molar-refractivity contribution >= 4 is 29.3 Å². The number of hydrogen-bond acceptors (Lipinski definition) is 7. The molecule has 22 heavy (non-hydrogen) atoms.